The van der Waals surface area contributed by atoms with Crippen LogP contribution in [0.4, 0.5) is 5.82 Å². The maximum Gasteiger partial charge on any atom is 0.137 e. The van der Waals surface area contributed by atoms with E-state index in [0.29, 0.717) is 0 Å². The standard InChI is InChI=1S/C16H24N4O/c1-4-12(11-21)17-16-13-7-5-6-8-14(13)18-15(19-16)9-10-20(2)3/h5-8,12,21H,4,9-11H2,1-3H3,(H,17,18,19)/p+1/t12-/m0/s1. The maximum absolute atomic E-state index is 9.40. The molecular formula is C16H25N4O+. The van der Waals surface area contributed by atoms with Crippen molar-refractivity contribution in [1.82, 2.24) is 9.97 Å². The fourth-order valence-corrected chi connectivity index (χ4v) is 2.18. The number of nitrogens with zero attached hydrogens (tertiary/aromatic N) is 2. The number of fused-ring (bicyclic) bond motifs is 1. The molecule has 5 heteroatoms. The Morgan fingerprint density at radius 3 is 2.67 bits per heavy atom. The number of quaternary nitrogens is 1. The van der Waals surface area contributed by atoms with Crippen LogP contribution in [0, 0.1) is 0 Å². The van der Waals surface area contributed by atoms with Gasteiger partial charge < -0.3 is 15.3 Å². The number of benzene rings is 1. The predicted molar refractivity (Wildman–Crippen MR) is 85.7 cm³/mol. The number of aromatic nitrogens is 2. The smallest absolute Gasteiger partial charge is 0.137 e. The van der Waals surface area contributed by atoms with Crippen LogP contribution in [0.3, 0.4) is 0 Å². The summed E-state index contributed by atoms with van der Waals surface area (Å²) in [6.45, 7) is 3.15. The summed E-state index contributed by atoms with van der Waals surface area (Å²) in [5.41, 5.74) is 0.951. The summed E-state index contributed by atoms with van der Waals surface area (Å²) in [6, 6.07) is 8.02. The van der Waals surface area contributed by atoms with Gasteiger partial charge in [0.25, 0.3) is 0 Å². The molecule has 0 unspecified atom stereocenters. The van der Waals surface area contributed by atoms with Crippen molar-refractivity contribution >= 4 is 16.7 Å². The number of anilines is 1. The molecule has 0 bridgehead atoms. The Hall–Kier alpha value is -1.72. The third-order valence-electron chi connectivity index (χ3n) is 3.55. The van der Waals surface area contributed by atoms with Crippen molar-refractivity contribution in [2.75, 3.05) is 32.6 Å². The summed E-state index contributed by atoms with van der Waals surface area (Å²) in [6.07, 6.45) is 1.70. The van der Waals surface area contributed by atoms with Crippen molar-refractivity contribution in [1.29, 1.82) is 0 Å². The van der Waals surface area contributed by atoms with Gasteiger partial charge in [0, 0.05) is 5.39 Å². The first-order valence-corrected chi connectivity index (χ1v) is 7.56. The number of aliphatic hydroxyl groups is 1. The van der Waals surface area contributed by atoms with Crippen molar-refractivity contribution in [3.8, 4) is 0 Å². The number of aliphatic hydroxyl groups excluding tert-OH is 1. The minimum Gasteiger partial charge on any atom is -0.394 e. The van der Waals surface area contributed by atoms with Crippen molar-refractivity contribution < 1.29 is 10.0 Å². The number of hydrogen-bond donors (Lipinski definition) is 3. The highest BCUT2D eigenvalue weighted by Crippen LogP contribution is 2.21. The molecule has 1 atom stereocenters. The molecule has 0 amide bonds. The zero-order valence-corrected chi connectivity index (χ0v) is 13.1. The summed E-state index contributed by atoms with van der Waals surface area (Å²) < 4.78 is 0. The molecule has 0 aliphatic rings. The SMILES string of the molecule is CC[C@@H](CO)Nc1nc(CC[NH+](C)C)nc2ccccc12. The molecule has 0 saturated heterocycles. The highest BCUT2D eigenvalue weighted by molar-refractivity contribution is 5.89. The van der Waals surface area contributed by atoms with Crippen LogP contribution >= 0.6 is 0 Å². The van der Waals surface area contributed by atoms with Crippen molar-refractivity contribution in [3.63, 3.8) is 0 Å². The second-order valence-corrected chi connectivity index (χ2v) is 5.64. The lowest BCUT2D eigenvalue weighted by Crippen LogP contribution is -3.06. The Bertz CT molecular complexity index is 581. The molecule has 3 N–H and O–H groups in total. The van der Waals surface area contributed by atoms with E-state index in [9.17, 15) is 5.11 Å². The highest BCUT2D eigenvalue weighted by Gasteiger charge is 2.11. The second-order valence-electron chi connectivity index (χ2n) is 5.64. The van der Waals surface area contributed by atoms with Crippen molar-refractivity contribution in [3.05, 3.63) is 30.1 Å². The van der Waals surface area contributed by atoms with E-state index in [1.165, 1.54) is 4.90 Å². The minimum atomic E-state index is 0.0237. The minimum absolute atomic E-state index is 0.0237. The molecule has 0 fully saturated rings. The zero-order chi connectivity index (χ0) is 15.2. The van der Waals surface area contributed by atoms with Gasteiger partial charge in [-0.1, -0.05) is 19.1 Å². The highest BCUT2D eigenvalue weighted by atomic mass is 16.3. The average Bonchev–Trinajstić information content (AvgIpc) is 2.50. The van der Waals surface area contributed by atoms with Crippen LogP contribution in [-0.2, 0) is 6.42 Å². The molecular weight excluding hydrogens is 264 g/mol. The molecule has 114 valence electrons. The van der Waals surface area contributed by atoms with Crippen LogP contribution < -0.4 is 10.2 Å². The largest absolute Gasteiger partial charge is 0.394 e. The van der Waals surface area contributed by atoms with Gasteiger partial charge in [0.1, 0.15) is 11.6 Å². The number of nitrogens with one attached hydrogen (secondary N) is 2. The fraction of sp³-hybridized carbons (Fsp3) is 0.500. The van der Waals surface area contributed by atoms with E-state index >= 15 is 0 Å². The van der Waals surface area contributed by atoms with Crippen LogP contribution in [0.5, 0.6) is 0 Å². The van der Waals surface area contributed by atoms with Gasteiger partial charge in [-0.25, -0.2) is 9.97 Å². The molecule has 2 aromatic rings. The van der Waals surface area contributed by atoms with E-state index in [-0.39, 0.29) is 12.6 Å². The van der Waals surface area contributed by atoms with Crippen molar-refractivity contribution in [2.45, 2.75) is 25.8 Å². The van der Waals surface area contributed by atoms with Crippen LogP contribution in [0.1, 0.15) is 19.2 Å². The van der Waals surface area contributed by atoms with Gasteiger partial charge in [-0.15, -0.1) is 0 Å². The maximum atomic E-state index is 9.40. The topological polar surface area (TPSA) is 62.5 Å². The molecule has 0 aliphatic heterocycles. The third-order valence-corrected chi connectivity index (χ3v) is 3.55. The number of rotatable bonds is 7. The summed E-state index contributed by atoms with van der Waals surface area (Å²) in [5.74, 6) is 1.68. The van der Waals surface area contributed by atoms with Gasteiger partial charge in [-0.2, -0.15) is 0 Å². The van der Waals surface area contributed by atoms with E-state index in [1.54, 1.807) is 0 Å². The third kappa shape index (κ3) is 4.12. The average molecular weight is 289 g/mol. The Morgan fingerprint density at radius 2 is 2.00 bits per heavy atom. The van der Waals surface area contributed by atoms with Gasteiger partial charge >= 0.3 is 0 Å². The molecule has 1 aromatic heterocycles. The Morgan fingerprint density at radius 1 is 1.24 bits per heavy atom. The Labute approximate surface area is 126 Å². The van der Waals surface area contributed by atoms with Gasteiger partial charge in [-0.3, -0.25) is 0 Å². The van der Waals surface area contributed by atoms with E-state index in [1.807, 2.05) is 31.2 Å². The first-order valence-electron chi connectivity index (χ1n) is 7.56. The second kappa shape index (κ2) is 7.33. The van der Waals surface area contributed by atoms with Crippen LogP contribution in [0.15, 0.2) is 24.3 Å². The molecule has 1 heterocycles. The first kappa shape index (κ1) is 15.7. The molecule has 1 aromatic carbocycles. The number of hydrogen-bond acceptors (Lipinski definition) is 4. The number of likely N-dealkylation sites (N-methyl/N-ethyl adjacent to an activating group) is 1. The Balaban J connectivity index is 2.35. The van der Waals surface area contributed by atoms with Gasteiger partial charge in [0.2, 0.25) is 0 Å². The molecule has 0 spiro atoms. The van der Waals surface area contributed by atoms with E-state index in [4.69, 9.17) is 0 Å². The van der Waals surface area contributed by atoms with Crippen LogP contribution in [-0.4, -0.2) is 48.4 Å². The Kier molecular flexibility index (Phi) is 5.47. The summed E-state index contributed by atoms with van der Waals surface area (Å²) >= 11 is 0. The lowest BCUT2D eigenvalue weighted by atomic mass is 10.2. The lowest BCUT2D eigenvalue weighted by molar-refractivity contribution is -0.858. The first-order chi connectivity index (χ1) is 10.1. The van der Waals surface area contributed by atoms with Gasteiger partial charge in [0.05, 0.1) is 45.2 Å². The summed E-state index contributed by atoms with van der Waals surface area (Å²) in [7, 11) is 4.25. The summed E-state index contributed by atoms with van der Waals surface area (Å²) in [4.78, 5) is 10.7. The molecule has 0 aliphatic carbocycles. The van der Waals surface area contributed by atoms with E-state index in [0.717, 1.165) is 41.9 Å². The van der Waals surface area contributed by atoms with E-state index < -0.39 is 0 Å². The van der Waals surface area contributed by atoms with E-state index in [2.05, 4.69) is 29.4 Å². The predicted octanol–water partition coefficient (Wildman–Crippen LogP) is 0.500. The quantitative estimate of drug-likeness (QED) is 0.694. The molecule has 21 heavy (non-hydrogen) atoms. The molecule has 5 nitrogen and oxygen atoms in total. The monoisotopic (exact) mass is 289 g/mol. The molecule has 0 saturated carbocycles. The number of para-hydroxylation sites is 1. The molecule has 0 radical (unpaired) electrons. The van der Waals surface area contributed by atoms with Crippen molar-refractivity contribution in [2.24, 2.45) is 0 Å². The normalized spacial score (nSPS) is 12.8. The van der Waals surface area contributed by atoms with Gasteiger partial charge in [-0.05, 0) is 18.6 Å². The summed E-state index contributed by atoms with van der Waals surface area (Å²) in [5, 5.41) is 13.7. The fourth-order valence-electron chi connectivity index (χ4n) is 2.18. The zero-order valence-electron chi connectivity index (χ0n) is 13.1. The molecule has 2 rings (SSSR count). The lowest BCUT2D eigenvalue weighted by Gasteiger charge is -2.17. The van der Waals surface area contributed by atoms with Crippen LogP contribution in [0.2, 0.25) is 0 Å². The van der Waals surface area contributed by atoms with Gasteiger partial charge in [0.15, 0.2) is 0 Å². The van der Waals surface area contributed by atoms with Crippen LogP contribution in [0.25, 0.3) is 10.9 Å².